The maximum absolute atomic E-state index is 12.7. The topological polar surface area (TPSA) is 110 Å². The molecule has 0 unspecified atom stereocenters. The highest BCUT2D eigenvalue weighted by Crippen LogP contribution is 2.28. The van der Waals surface area contributed by atoms with Gasteiger partial charge in [-0.1, -0.05) is 12.1 Å². The molecular weight excluding hydrogens is 358 g/mol. The number of nitrogens with one attached hydrogen (secondary N) is 1. The first-order chi connectivity index (χ1) is 12.3. The summed E-state index contributed by atoms with van der Waals surface area (Å²) in [4.78, 5) is 23.7. The fraction of sp³-hybridized carbons (Fsp3) is 0.235. The van der Waals surface area contributed by atoms with E-state index in [1.807, 2.05) is 0 Å². The number of nitro benzene ring substituents is 1. The fourth-order valence-corrected chi connectivity index (χ4v) is 4.27. The molecule has 1 amide bonds. The van der Waals surface area contributed by atoms with E-state index in [9.17, 15) is 23.3 Å². The van der Waals surface area contributed by atoms with Crippen LogP contribution in [-0.2, 0) is 14.8 Å². The number of anilines is 2. The van der Waals surface area contributed by atoms with Crippen LogP contribution in [0.1, 0.15) is 18.4 Å². The highest BCUT2D eigenvalue weighted by molar-refractivity contribution is 7.92. The first-order valence-electron chi connectivity index (χ1n) is 7.97. The van der Waals surface area contributed by atoms with Crippen molar-refractivity contribution in [1.29, 1.82) is 0 Å². The maximum Gasteiger partial charge on any atom is 0.273 e. The third-order valence-electron chi connectivity index (χ3n) is 4.23. The van der Waals surface area contributed by atoms with E-state index in [2.05, 4.69) is 4.72 Å². The smallest absolute Gasteiger partial charge is 0.273 e. The SMILES string of the molecule is Cc1c([N+](=O)[O-])cccc1S(=O)(=O)Nc1cccc(N2CCCC2=O)c1. The van der Waals surface area contributed by atoms with E-state index >= 15 is 0 Å². The van der Waals surface area contributed by atoms with Gasteiger partial charge in [0.05, 0.1) is 15.5 Å². The fourth-order valence-electron chi connectivity index (χ4n) is 2.96. The Morgan fingerprint density at radius 3 is 2.58 bits per heavy atom. The number of hydrogen-bond donors (Lipinski definition) is 1. The van der Waals surface area contributed by atoms with Gasteiger partial charge in [-0.15, -0.1) is 0 Å². The summed E-state index contributed by atoms with van der Waals surface area (Å²) in [5, 5.41) is 11.0. The summed E-state index contributed by atoms with van der Waals surface area (Å²) >= 11 is 0. The molecule has 0 aromatic heterocycles. The molecule has 1 N–H and O–H groups in total. The van der Waals surface area contributed by atoms with Crippen LogP contribution in [0.3, 0.4) is 0 Å². The van der Waals surface area contributed by atoms with Gasteiger partial charge in [0.1, 0.15) is 0 Å². The van der Waals surface area contributed by atoms with Crippen LogP contribution in [0.25, 0.3) is 0 Å². The summed E-state index contributed by atoms with van der Waals surface area (Å²) < 4.78 is 27.8. The van der Waals surface area contributed by atoms with Crippen LogP contribution in [0.5, 0.6) is 0 Å². The highest BCUT2D eigenvalue weighted by atomic mass is 32.2. The number of benzene rings is 2. The second-order valence-electron chi connectivity index (χ2n) is 5.96. The number of nitro groups is 1. The normalized spacial score (nSPS) is 14.5. The molecule has 0 saturated carbocycles. The lowest BCUT2D eigenvalue weighted by Crippen LogP contribution is -2.23. The summed E-state index contributed by atoms with van der Waals surface area (Å²) in [7, 11) is -4.01. The average molecular weight is 375 g/mol. The van der Waals surface area contributed by atoms with Crippen LogP contribution in [-0.4, -0.2) is 25.8 Å². The molecule has 9 heteroatoms. The minimum Gasteiger partial charge on any atom is -0.312 e. The van der Waals surface area contributed by atoms with E-state index in [-0.39, 0.29) is 27.7 Å². The predicted molar refractivity (Wildman–Crippen MR) is 96.7 cm³/mol. The third-order valence-corrected chi connectivity index (χ3v) is 5.75. The Kier molecular flexibility index (Phi) is 4.64. The standard InChI is InChI=1S/C17H17N3O5S/c1-12-15(20(22)23)7-3-8-16(12)26(24,25)18-13-5-2-6-14(11-13)19-10-4-9-17(19)21/h2-3,5-8,11,18H,4,9-10H2,1H3. The van der Waals surface area contributed by atoms with Gasteiger partial charge in [0.15, 0.2) is 0 Å². The molecular formula is C17H17N3O5S. The second kappa shape index (κ2) is 6.75. The molecule has 0 radical (unpaired) electrons. The molecule has 1 fully saturated rings. The van der Waals surface area contributed by atoms with Crippen molar-refractivity contribution in [2.75, 3.05) is 16.2 Å². The lowest BCUT2D eigenvalue weighted by atomic mass is 10.2. The molecule has 1 aliphatic heterocycles. The summed E-state index contributed by atoms with van der Waals surface area (Å²) in [6.45, 7) is 1.99. The van der Waals surface area contributed by atoms with E-state index in [1.54, 1.807) is 29.2 Å². The molecule has 3 rings (SSSR count). The first-order valence-corrected chi connectivity index (χ1v) is 9.45. The summed E-state index contributed by atoms with van der Waals surface area (Å²) in [5.74, 6) is -0.000430. The van der Waals surface area contributed by atoms with Gasteiger partial charge in [0, 0.05) is 30.3 Å². The molecule has 2 aromatic carbocycles. The largest absolute Gasteiger partial charge is 0.312 e. The zero-order chi connectivity index (χ0) is 18.9. The van der Waals surface area contributed by atoms with Gasteiger partial charge >= 0.3 is 0 Å². The molecule has 26 heavy (non-hydrogen) atoms. The van der Waals surface area contributed by atoms with Gasteiger partial charge in [-0.2, -0.15) is 0 Å². The monoisotopic (exact) mass is 375 g/mol. The van der Waals surface area contributed by atoms with Crippen LogP contribution in [0, 0.1) is 17.0 Å². The van der Waals surface area contributed by atoms with Crippen molar-refractivity contribution >= 4 is 33.0 Å². The van der Waals surface area contributed by atoms with Crippen LogP contribution in [0.2, 0.25) is 0 Å². The zero-order valence-electron chi connectivity index (χ0n) is 14.0. The molecule has 0 atom stereocenters. The number of carbonyl (C=O) groups excluding carboxylic acids is 1. The number of carbonyl (C=O) groups is 1. The molecule has 0 aliphatic carbocycles. The predicted octanol–water partition coefficient (Wildman–Crippen LogP) is 2.83. The van der Waals surface area contributed by atoms with Crippen molar-refractivity contribution in [2.24, 2.45) is 0 Å². The molecule has 136 valence electrons. The Morgan fingerprint density at radius 1 is 1.19 bits per heavy atom. The number of rotatable bonds is 5. The van der Waals surface area contributed by atoms with Crippen LogP contribution < -0.4 is 9.62 Å². The first kappa shape index (κ1) is 17.9. The molecule has 0 spiro atoms. The van der Waals surface area contributed by atoms with E-state index in [4.69, 9.17) is 0 Å². The Labute approximate surface area is 150 Å². The molecule has 0 bridgehead atoms. The van der Waals surface area contributed by atoms with Crippen molar-refractivity contribution in [3.63, 3.8) is 0 Å². The lowest BCUT2D eigenvalue weighted by Gasteiger charge is -2.17. The summed E-state index contributed by atoms with van der Waals surface area (Å²) in [6.07, 6.45) is 1.24. The number of hydrogen-bond acceptors (Lipinski definition) is 5. The van der Waals surface area contributed by atoms with Crippen molar-refractivity contribution in [3.8, 4) is 0 Å². The second-order valence-corrected chi connectivity index (χ2v) is 7.61. The van der Waals surface area contributed by atoms with Crippen LogP contribution in [0.15, 0.2) is 47.4 Å². The molecule has 2 aromatic rings. The van der Waals surface area contributed by atoms with Crippen molar-refractivity contribution < 1.29 is 18.1 Å². The highest BCUT2D eigenvalue weighted by Gasteiger charge is 2.24. The number of sulfonamides is 1. The van der Waals surface area contributed by atoms with Crippen molar-refractivity contribution in [2.45, 2.75) is 24.7 Å². The van der Waals surface area contributed by atoms with E-state index in [1.165, 1.54) is 25.1 Å². The van der Waals surface area contributed by atoms with Gasteiger partial charge in [-0.25, -0.2) is 8.42 Å². The number of nitrogens with zero attached hydrogens (tertiary/aromatic N) is 2. The van der Waals surface area contributed by atoms with Gasteiger partial charge in [-0.05, 0) is 37.6 Å². The molecule has 1 saturated heterocycles. The molecule has 8 nitrogen and oxygen atoms in total. The third kappa shape index (κ3) is 3.38. The maximum atomic E-state index is 12.7. The lowest BCUT2D eigenvalue weighted by molar-refractivity contribution is -0.385. The van der Waals surface area contributed by atoms with Crippen LogP contribution in [0.4, 0.5) is 17.1 Å². The van der Waals surface area contributed by atoms with Crippen molar-refractivity contribution in [1.82, 2.24) is 0 Å². The van der Waals surface area contributed by atoms with Gasteiger partial charge in [-0.3, -0.25) is 19.6 Å². The summed E-state index contributed by atoms with van der Waals surface area (Å²) in [5.41, 5.74) is 0.705. The van der Waals surface area contributed by atoms with E-state index in [0.717, 1.165) is 6.42 Å². The van der Waals surface area contributed by atoms with Crippen molar-refractivity contribution in [3.05, 3.63) is 58.1 Å². The molecule has 1 heterocycles. The Hall–Kier alpha value is -2.94. The van der Waals surface area contributed by atoms with Crippen LogP contribution >= 0.6 is 0 Å². The van der Waals surface area contributed by atoms with Gasteiger partial charge in [0.2, 0.25) is 5.91 Å². The Balaban J connectivity index is 1.92. The Bertz CT molecular complexity index is 988. The average Bonchev–Trinajstić information content (AvgIpc) is 3.00. The quantitative estimate of drug-likeness (QED) is 0.638. The van der Waals surface area contributed by atoms with E-state index in [0.29, 0.717) is 18.7 Å². The summed E-state index contributed by atoms with van der Waals surface area (Å²) in [6, 6.07) is 10.4. The minimum atomic E-state index is -4.01. The van der Waals surface area contributed by atoms with Gasteiger partial charge < -0.3 is 4.90 Å². The molecule has 1 aliphatic rings. The minimum absolute atomic E-state index is 0.000430. The Morgan fingerprint density at radius 2 is 1.92 bits per heavy atom. The zero-order valence-corrected chi connectivity index (χ0v) is 14.8. The van der Waals surface area contributed by atoms with Gasteiger partial charge in [0.25, 0.3) is 15.7 Å². The van der Waals surface area contributed by atoms with E-state index < -0.39 is 14.9 Å². The number of amides is 1.